The summed E-state index contributed by atoms with van der Waals surface area (Å²) < 4.78 is 18.5. The van der Waals surface area contributed by atoms with Crippen molar-refractivity contribution >= 4 is 18.1 Å². The zero-order chi connectivity index (χ0) is 14.4. The summed E-state index contributed by atoms with van der Waals surface area (Å²) >= 11 is 0. The predicted octanol–water partition coefficient (Wildman–Crippen LogP) is 0.228. The summed E-state index contributed by atoms with van der Waals surface area (Å²) in [7, 11) is 4.79. The summed E-state index contributed by atoms with van der Waals surface area (Å²) in [5.41, 5.74) is 0. The normalized spacial score (nSPS) is 9.47. The quantitative estimate of drug-likeness (QED) is 0.762. The minimum absolute atomic E-state index is 0.139. The molecule has 0 aromatic carbocycles. The Kier molecular flexibility index (Phi) is 4.80. The van der Waals surface area contributed by atoms with Gasteiger partial charge in [0, 0.05) is 0 Å². The number of ether oxygens (including phenoxy) is 4. The van der Waals surface area contributed by atoms with Crippen molar-refractivity contribution in [1.82, 2.24) is 15.0 Å². The van der Waals surface area contributed by atoms with E-state index in [2.05, 4.69) is 24.4 Å². The molecule has 10 heteroatoms. The highest BCUT2D eigenvalue weighted by atomic mass is 16.6. The van der Waals surface area contributed by atoms with Gasteiger partial charge in [0.25, 0.3) is 5.95 Å². The standard InChI is InChI=1S/C9H12N4O6/c1-16-6-10-5(11-7(12-6)17-2)13(8(14)18-3)9(15)19-4/h1-4H3. The second-order valence-electron chi connectivity index (χ2n) is 2.88. The van der Waals surface area contributed by atoms with Crippen LogP contribution in [0.5, 0.6) is 12.0 Å². The Balaban J connectivity index is 3.28. The number of carbonyl (C=O) groups excluding carboxylic acids is 2. The Bertz CT molecular complexity index is 442. The smallest absolute Gasteiger partial charge is 0.426 e. The number of hydrogen-bond donors (Lipinski definition) is 0. The fraction of sp³-hybridized carbons (Fsp3) is 0.444. The van der Waals surface area contributed by atoms with Crippen LogP contribution in [0.4, 0.5) is 15.5 Å². The monoisotopic (exact) mass is 272 g/mol. The highest BCUT2D eigenvalue weighted by Gasteiger charge is 2.29. The van der Waals surface area contributed by atoms with Crippen LogP contribution < -0.4 is 14.4 Å². The molecule has 0 saturated carbocycles. The van der Waals surface area contributed by atoms with E-state index in [9.17, 15) is 9.59 Å². The molecule has 1 aromatic rings. The van der Waals surface area contributed by atoms with Gasteiger partial charge in [-0.2, -0.15) is 9.97 Å². The second-order valence-corrected chi connectivity index (χ2v) is 2.88. The molecule has 0 N–H and O–H groups in total. The number of rotatable bonds is 3. The molecular formula is C9H12N4O6. The molecule has 1 aromatic heterocycles. The molecule has 0 radical (unpaired) electrons. The van der Waals surface area contributed by atoms with Gasteiger partial charge in [-0.3, -0.25) is 0 Å². The van der Waals surface area contributed by atoms with Crippen LogP contribution in [0.3, 0.4) is 0 Å². The third-order valence-electron chi connectivity index (χ3n) is 1.86. The van der Waals surface area contributed by atoms with Crippen LogP contribution in [-0.4, -0.2) is 55.6 Å². The highest BCUT2D eigenvalue weighted by molar-refractivity contribution is 6.07. The number of hydrogen-bond acceptors (Lipinski definition) is 9. The molecule has 19 heavy (non-hydrogen) atoms. The van der Waals surface area contributed by atoms with Crippen molar-refractivity contribution < 1.29 is 28.5 Å². The first-order valence-electron chi connectivity index (χ1n) is 4.87. The molecule has 0 bridgehead atoms. The van der Waals surface area contributed by atoms with E-state index in [0.717, 1.165) is 14.2 Å². The number of carbonyl (C=O) groups is 2. The van der Waals surface area contributed by atoms with Crippen LogP contribution in [-0.2, 0) is 9.47 Å². The summed E-state index contributed by atoms with van der Waals surface area (Å²) in [5, 5.41) is 0. The SMILES string of the molecule is COC(=O)N(C(=O)OC)c1nc(OC)nc(OC)n1. The minimum atomic E-state index is -1.03. The third kappa shape index (κ3) is 3.18. The van der Waals surface area contributed by atoms with Gasteiger partial charge in [-0.15, -0.1) is 9.88 Å². The molecule has 104 valence electrons. The number of anilines is 1. The summed E-state index contributed by atoms with van der Waals surface area (Å²) in [4.78, 5) is 34.7. The fourth-order valence-electron chi connectivity index (χ4n) is 1.03. The average Bonchev–Trinajstić information content (AvgIpc) is 2.46. The van der Waals surface area contributed by atoms with Gasteiger partial charge in [-0.05, 0) is 0 Å². The van der Waals surface area contributed by atoms with Gasteiger partial charge in [0.2, 0.25) is 0 Å². The molecule has 0 atom stereocenters. The van der Waals surface area contributed by atoms with Crippen LogP contribution in [0.2, 0.25) is 0 Å². The number of nitrogens with zero attached hydrogens (tertiary/aromatic N) is 4. The lowest BCUT2D eigenvalue weighted by molar-refractivity contribution is 0.159. The topological polar surface area (TPSA) is 113 Å². The number of imide groups is 1. The molecule has 0 unspecified atom stereocenters. The zero-order valence-electron chi connectivity index (χ0n) is 10.7. The van der Waals surface area contributed by atoms with Crippen molar-refractivity contribution in [2.75, 3.05) is 33.3 Å². The molecule has 0 spiro atoms. The Labute approximate surface area is 108 Å². The average molecular weight is 272 g/mol. The van der Waals surface area contributed by atoms with Crippen LogP contribution in [0.15, 0.2) is 0 Å². The lowest BCUT2D eigenvalue weighted by Gasteiger charge is -2.16. The van der Waals surface area contributed by atoms with Crippen molar-refractivity contribution in [2.24, 2.45) is 0 Å². The van der Waals surface area contributed by atoms with Gasteiger partial charge in [0.05, 0.1) is 28.4 Å². The molecular weight excluding hydrogens is 260 g/mol. The molecule has 0 fully saturated rings. The summed E-state index contributed by atoms with van der Waals surface area (Å²) in [6.07, 6.45) is -2.05. The van der Waals surface area contributed by atoms with Crippen molar-refractivity contribution in [3.05, 3.63) is 0 Å². The van der Waals surface area contributed by atoms with E-state index in [1.54, 1.807) is 0 Å². The third-order valence-corrected chi connectivity index (χ3v) is 1.86. The van der Waals surface area contributed by atoms with E-state index >= 15 is 0 Å². The summed E-state index contributed by atoms with van der Waals surface area (Å²) in [5.74, 6) is -0.345. The van der Waals surface area contributed by atoms with Gasteiger partial charge in [-0.1, -0.05) is 0 Å². The molecule has 0 aliphatic heterocycles. The van der Waals surface area contributed by atoms with Crippen LogP contribution >= 0.6 is 0 Å². The Morgan fingerprint density at radius 3 is 1.58 bits per heavy atom. The number of methoxy groups -OCH3 is 4. The van der Waals surface area contributed by atoms with Gasteiger partial charge in [-0.25, -0.2) is 9.59 Å². The summed E-state index contributed by atoms with van der Waals surface area (Å²) in [6, 6.07) is -0.278. The van der Waals surface area contributed by atoms with Crippen LogP contribution in [0.25, 0.3) is 0 Å². The van der Waals surface area contributed by atoms with Crippen molar-refractivity contribution in [1.29, 1.82) is 0 Å². The predicted molar refractivity (Wildman–Crippen MR) is 60.2 cm³/mol. The van der Waals surface area contributed by atoms with E-state index in [-0.39, 0.29) is 18.0 Å². The molecule has 0 saturated heterocycles. The van der Waals surface area contributed by atoms with E-state index in [1.807, 2.05) is 0 Å². The van der Waals surface area contributed by atoms with Crippen molar-refractivity contribution in [3.63, 3.8) is 0 Å². The molecule has 10 nitrogen and oxygen atoms in total. The van der Waals surface area contributed by atoms with Crippen molar-refractivity contribution in [2.45, 2.75) is 0 Å². The maximum absolute atomic E-state index is 11.5. The van der Waals surface area contributed by atoms with Gasteiger partial charge in [0.15, 0.2) is 0 Å². The van der Waals surface area contributed by atoms with Crippen molar-refractivity contribution in [3.8, 4) is 12.0 Å². The molecule has 1 rings (SSSR count). The minimum Gasteiger partial charge on any atom is -0.467 e. The molecule has 1 heterocycles. The lowest BCUT2D eigenvalue weighted by atomic mass is 10.7. The lowest BCUT2D eigenvalue weighted by Crippen LogP contribution is -2.38. The largest absolute Gasteiger partial charge is 0.467 e. The first-order valence-corrected chi connectivity index (χ1v) is 4.87. The number of aromatic nitrogens is 3. The number of amides is 2. The van der Waals surface area contributed by atoms with E-state index in [1.165, 1.54) is 14.2 Å². The van der Waals surface area contributed by atoms with Crippen LogP contribution in [0.1, 0.15) is 0 Å². The van der Waals surface area contributed by atoms with Gasteiger partial charge < -0.3 is 18.9 Å². The summed E-state index contributed by atoms with van der Waals surface area (Å²) in [6.45, 7) is 0. The zero-order valence-corrected chi connectivity index (χ0v) is 10.7. The highest BCUT2D eigenvalue weighted by Crippen LogP contribution is 2.17. The first kappa shape index (κ1) is 14.4. The van der Waals surface area contributed by atoms with E-state index in [0.29, 0.717) is 4.90 Å². The Hall–Kier alpha value is -2.65. The Morgan fingerprint density at radius 2 is 1.26 bits per heavy atom. The molecule has 0 aliphatic rings. The Morgan fingerprint density at radius 1 is 0.842 bits per heavy atom. The second kappa shape index (κ2) is 6.33. The van der Waals surface area contributed by atoms with E-state index < -0.39 is 12.2 Å². The maximum atomic E-state index is 11.5. The van der Waals surface area contributed by atoms with Crippen LogP contribution in [0, 0.1) is 0 Å². The van der Waals surface area contributed by atoms with Gasteiger partial charge >= 0.3 is 24.2 Å². The van der Waals surface area contributed by atoms with E-state index in [4.69, 9.17) is 9.47 Å². The first-order chi connectivity index (χ1) is 9.07. The molecule has 2 amide bonds. The van der Waals surface area contributed by atoms with Gasteiger partial charge in [0.1, 0.15) is 0 Å². The molecule has 0 aliphatic carbocycles. The fourth-order valence-corrected chi connectivity index (χ4v) is 1.03. The maximum Gasteiger partial charge on any atom is 0.426 e.